The first kappa shape index (κ1) is 23.2. The summed E-state index contributed by atoms with van der Waals surface area (Å²) in [4.78, 5) is 24.0. The number of carbonyl (C=O) groups excluding carboxylic acids is 2. The number of nitrogens with two attached hydrogens (primary N) is 1. The highest BCUT2D eigenvalue weighted by Crippen LogP contribution is 2.32. The second-order valence-corrected chi connectivity index (χ2v) is 8.90. The molecule has 1 aromatic carbocycles. The Kier molecular flexibility index (Phi) is 7.06. The van der Waals surface area contributed by atoms with Crippen LogP contribution in [-0.2, 0) is 36.3 Å². The average Bonchev–Trinajstić information content (AvgIpc) is 3.11. The number of methoxy groups -OCH3 is 1. The second-order valence-electron chi connectivity index (χ2n) is 7.37. The van der Waals surface area contributed by atoms with Gasteiger partial charge in [0.25, 0.3) is 0 Å². The summed E-state index contributed by atoms with van der Waals surface area (Å²) in [5.41, 5.74) is -0.220. The summed E-state index contributed by atoms with van der Waals surface area (Å²) < 4.78 is 39.2. The average molecular weight is 436 g/mol. The molecule has 0 bridgehead atoms. The van der Waals surface area contributed by atoms with Crippen LogP contribution in [0.5, 0.6) is 0 Å². The normalized spacial score (nSPS) is 12.4. The fourth-order valence-corrected chi connectivity index (χ4v) is 3.35. The first-order chi connectivity index (χ1) is 13.9. The van der Waals surface area contributed by atoms with Crippen molar-refractivity contribution < 1.29 is 31.9 Å². The summed E-state index contributed by atoms with van der Waals surface area (Å²) in [7, 11) is -2.94. The van der Waals surface area contributed by atoms with Gasteiger partial charge in [0.15, 0.2) is 0 Å². The van der Waals surface area contributed by atoms with Crippen LogP contribution in [0.25, 0.3) is 6.08 Å². The summed E-state index contributed by atoms with van der Waals surface area (Å²) in [5.74, 6) is -0.766. The Morgan fingerprint density at radius 3 is 2.33 bits per heavy atom. The smallest absolute Gasteiger partial charge is 0.412 e. The van der Waals surface area contributed by atoms with Crippen molar-refractivity contribution in [1.82, 2.24) is 5.32 Å². The van der Waals surface area contributed by atoms with Crippen molar-refractivity contribution in [2.24, 2.45) is 5.14 Å². The second kappa shape index (κ2) is 9.14. The Bertz CT molecular complexity index is 1050. The number of rotatable bonds is 6. The van der Waals surface area contributed by atoms with Crippen LogP contribution in [-0.4, -0.2) is 27.6 Å². The van der Waals surface area contributed by atoms with Gasteiger partial charge in [-0.25, -0.2) is 23.1 Å². The molecule has 0 saturated carbocycles. The lowest BCUT2D eigenvalue weighted by Gasteiger charge is -2.16. The number of hydrogen-bond donors (Lipinski definition) is 2. The van der Waals surface area contributed by atoms with Crippen LogP contribution in [0.2, 0.25) is 0 Å². The molecule has 3 N–H and O–H groups in total. The van der Waals surface area contributed by atoms with Gasteiger partial charge in [-0.1, -0.05) is 51.1 Å². The molecule has 2 aromatic rings. The Hall–Kier alpha value is -3.11. The molecule has 0 radical (unpaired) electrons. The molecule has 0 aliphatic carbocycles. The molecule has 9 nitrogen and oxygen atoms in total. The molecule has 162 valence electrons. The number of furan rings is 1. The van der Waals surface area contributed by atoms with Crippen LogP contribution in [0.4, 0.5) is 4.79 Å². The highest BCUT2D eigenvalue weighted by Gasteiger charge is 2.29. The third kappa shape index (κ3) is 6.19. The van der Waals surface area contributed by atoms with E-state index >= 15 is 0 Å². The van der Waals surface area contributed by atoms with Gasteiger partial charge in [-0.3, -0.25) is 5.32 Å². The monoisotopic (exact) mass is 436 g/mol. The maximum atomic E-state index is 12.1. The fraction of sp³-hybridized carbons (Fsp3) is 0.300. The third-order valence-electron chi connectivity index (χ3n) is 3.85. The van der Waals surface area contributed by atoms with Crippen molar-refractivity contribution in [3.8, 4) is 0 Å². The number of amides is 1. The van der Waals surface area contributed by atoms with E-state index < -0.39 is 27.5 Å². The van der Waals surface area contributed by atoms with Gasteiger partial charge >= 0.3 is 12.1 Å². The number of nitrogens with one attached hydrogen (secondary N) is 1. The van der Waals surface area contributed by atoms with Crippen LogP contribution in [0.1, 0.15) is 37.9 Å². The molecule has 10 heteroatoms. The molecular weight excluding hydrogens is 412 g/mol. The minimum absolute atomic E-state index is 0.00675. The van der Waals surface area contributed by atoms with Crippen LogP contribution in [0, 0.1) is 0 Å². The van der Waals surface area contributed by atoms with Crippen LogP contribution >= 0.6 is 0 Å². The van der Waals surface area contributed by atoms with Crippen molar-refractivity contribution in [3.05, 3.63) is 59.2 Å². The summed E-state index contributed by atoms with van der Waals surface area (Å²) in [5, 5.41) is 7.55. The minimum atomic E-state index is -4.07. The van der Waals surface area contributed by atoms with E-state index in [0.717, 1.165) is 18.7 Å². The quantitative estimate of drug-likeness (QED) is 0.524. The van der Waals surface area contributed by atoms with Gasteiger partial charge in [0.1, 0.15) is 28.7 Å². The first-order valence-electron chi connectivity index (χ1n) is 8.86. The maximum absolute atomic E-state index is 12.1. The largest absolute Gasteiger partial charge is 0.464 e. The maximum Gasteiger partial charge on any atom is 0.412 e. The van der Waals surface area contributed by atoms with E-state index in [-0.39, 0.29) is 28.7 Å². The zero-order valence-electron chi connectivity index (χ0n) is 17.1. The topological polar surface area (TPSA) is 138 Å². The Morgan fingerprint density at radius 2 is 1.83 bits per heavy atom. The summed E-state index contributed by atoms with van der Waals surface area (Å²) >= 11 is 0. The molecular formula is C20H24N2O7S. The molecule has 0 spiro atoms. The number of esters is 1. The minimum Gasteiger partial charge on any atom is -0.464 e. The molecule has 2 rings (SSSR count). The van der Waals surface area contributed by atoms with Crippen LogP contribution in [0.3, 0.4) is 0 Å². The number of ether oxygens (including phenoxy) is 2. The Balaban J connectivity index is 2.30. The zero-order valence-corrected chi connectivity index (χ0v) is 17.9. The van der Waals surface area contributed by atoms with E-state index in [1.807, 2.05) is 6.07 Å². The van der Waals surface area contributed by atoms with Crippen LogP contribution < -0.4 is 10.5 Å². The number of sulfonamides is 1. The first-order valence-corrected chi connectivity index (χ1v) is 10.4. The molecule has 0 saturated heterocycles. The molecule has 0 atom stereocenters. The van der Waals surface area contributed by atoms with Gasteiger partial charge in [0.05, 0.1) is 7.11 Å². The van der Waals surface area contributed by atoms with E-state index in [9.17, 15) is 18.0 Å². The number of alkyl carbamates (subject to hydrolysis) is 1. The predicted octanol–water partition coefficient (Wildman–Crippen LogP) is 2.66. The van der Waals surface area contributed by atoms with Crippen molar-refractivity contribution >= 4 is 28.2 Å². The highest BCUT2D eigenvalue weighted by atomic mass is 32.2. The van der Waals surface area contributed by atoms with E-state index in [1.165, 1.54) is 6.07 Å². The molecule has 1 heterocycles. The molecule has 0 unspecified atom stereocenters. The molecule has 0 aliphatic heterocycles. The van der Waals surface area contributed by atoms with Gasteiger partial charge in [0.2, 0.25) is 10.0 Å². The lowest BCUT2D eigenvalue weighted by molar-refractivity contribution is -0.136. The Morgan fingerprint density at radius 1 is 1.20 bits per heavy atom. The van der Waals surface area contributed by atoms with Gasteiger partial charge in [0, 0.05) is 17.6 Å². The molecule has 0 fully saturated rings. The fourth-order valence-electron chi connectivity index (χ4n) is 2.46. The SMILES string of the molecule is COC(=O)C(=Cc1cc(S(N)(=O)=O)c(C(C)(C)C)o1)NC(=O)OCc1ccccc1. The molecule has 0 aliphatic rings. The van der Waals surface area contributed by atoms with Gasteiger partial charge in [-0.2, -0.15) is 0 Å². The molecule has 1 aromatic heterocycles. The summed E-state index contributed by atoms with van der Waals surface area (Å²) in [6, 6.07) is 10.1. The predicted molar refractivity (Wildman–Crippen MR) is 109 cm³/mol. The van der Waals surface area contributed by atoms with Gasteiger partial charge in [-0.05, 0) is 5.56 Å². The lowest BCUT2D eigenvalue weighted by atomic mass is 9.93. The lowest BCUT2D eigenvalue weighted by Crippen LogP contribution is -2.28. The number of carbonyl (C=O) groups is 2. The van der Waals surface area contributed by atoms with Crippen molar-refractivity contribution in [2.75, 3.05) is 7.11 Å². The van der Waals surface area contributed by atoms with Crippen molar-refractivity contribution in [1.29, 1.82) is 0 Å². The molecule has 1 amide bonds. The summed E-state index contributed by atoms with van der Waals surface area (Å²) in [6.07, 6.45) is 0.240. The van der Waals surface area contributed by atoms with Crippen molar-refractivity contribution in [2.45, 2.75) is 37.7 Å². The number of benzene rings is 1. The van der Waals surface area contributed by atoms with E-state index in [4.69, 9.17) is 14.3 Å². The zero-order chi connectivity index (χ0) is 22.5. The summed E-state index contributed by atoms with van der Waals surface area (Å²) in [6.45, 7) is 5.23. The van der Waals surface area contributed by atoms with Crippen LogP contribution in [0.15, 0.2) is 51.4 Å². The van der Waals surface area contributed by atoms with E-state index in [1.54, 1.807) is 45.0 Å². The Labute approximate surface area is 174 Å². The van der Waals surface area contributed by atoms with Gasteiger partial charge < -0.3 is 13.9 Å². The number of primary sulfonamides is 1. The third-order valence-corrected chi connectivity index (χ3v) is 4.76. The van der Waals surface area contributed by atoms with E-state index in [0.29, 0.717) is 0 Å². The van der Waals surface area contributed by atoms with Gasteiger partial charge in [-0.15, -0.1) is 0 Å². The highest BCUT2D eigenvalue weighted by molar-refractivity contribution is 7.89. The number of hydrogen-bond acceptors (Lipinski definition) is 7. The molecule has 30 heavy (non-hydrogen) atoms. The van der Waals surface area contributed by atoms with Crippen molar-refractivity contribution in [3.63, 3.8) is 0 Å². The standard InChI is InChI=1S/C20H24N2O7S/c1-20(2,3)17-16(30(21,25)26)11-14(29-17)10-15(18(23)27-4)22-19(24)28-12-13-8-6-5-7-9-13/h5-11H,12H2,1-4H3,(H,22,24)(H2,21,25,26). The van der Waals surface area contributed by atoms with E-state index in [2.05, 4.69) is 10.1 Å².